The average molecular weight is 310 g/mol. The van der Waals surface area contributed by atoms with Crippen LogP contribution in [0.25, 0.3) is 0 Å². The number of nitrogens with one attached hydrogen (secondary N) is 1. The number of nitrogens with zero attached hydrogens (tertiary/aromatic N) is 2. The minimum atomic E-state index is 0.767. The van der Waals surface area contributed by atoms with Crippen molar-refractivity contribution in [2.24, 2.45) is 0 Å². The average Bonchev–Trinajstić information content (AvgIpc) is 2.34. The lowest BCUT2D eigenvalue weighted by molar-refractivity contribution is 0.802. The second-order valence-electron chi connectivity index (χ2n) is 3.42. The zero-order chi connectivity index (χ0) is 12.1. The largest absolute Gasteiger partial charge is 0.316 e. The van der Waals surface area contributed by atoms with E-state index in [4.69, 9.17) is 0 Å². The van der Waals surface area contributed by atoms with Crippen LogP contribution in [0, 0.1) is 0 Å². The van der Waals surface area contributed by atoms with Crippen LogP contribution in [0.1, 0.15) is 5.56 Å². The molecule has 0 atom stereocenters. The lowest BCUT2D eigenvalue weighted by Crippen LogP contribution is -2.06. The van der Waals surface area contributed by atoms with Crippen LogP contribution in [-0.4, -0.2) is 17.0 Å². The molecule has 0 unspecified atom stereocenters. The Morgan fingerprint density at radius 3 is 2.76 bits per heavy atom. The molecule has 17 heavy (non-hydrogen) atoms. The second-order valence-corrected chi connectivity index (χ2v) is 5.34. The molecule has 1 aromatic carbocycles. The van der Waals surface area contributed by atoms with Gasteiger partial charge in [0, 0.05) is 28.3 Å². The minimum Gasteiger partial charge on any atom is -0.316 e. The van der Waals surface area contributed by atoms with Crippen molar-refractivity contribution >= 4 is 27.7 Å². The lowest BCUT2D eigenvalue weighted by atomic mass is 10.2. The summed E-state index contributed by atoms with van der Waals surface area (Å²) in [5.41, 5.74) is 1.24. The van der Waals surface area contributed by atoms with Crippen molar-refractivity contribution in [2.45, 2.75) is 16.6 Å². The highest BCUT2D eigenvalue weighted by atomic mass is 79.9. The maximum absolute atomic E-state index is 4.22. The number of benzene rings is 1. The van der Waals surface area contributed by atoms with Gasteiger partial charge in [0.25, 0.3) is 0 Å². The molecule has 1 aromatic heterocycles. The van der Waals surface area contributed by atoms with E-state index in [1.807, 2.05) is 19.2 Å². The normalized spacial score (nSPS) is 10.5. The van der Waals surface area contributed by atoms with Crippen molar-refractivity contribution in [2.75, 3.05) is 7.05 Å². The molecule has 0 saturated carbocycles. The number of rotatable bonds is 4. The fourth-order valence-electron chi connectivity index (χ4n) is 1.40. The molecule has 5 heteroatoms. The van der Waals surface area contributed by atoms with Gasteiger partial charge in [0.05, 0.1) is 0 Å². The molecule has 3 nitrogen and oxygen atoms in total. The summed E-state index contributed by atoms with van der Waals surface area (Å²) >= 11 is 5.06. The first-order chi connectivity index (χ1) is 8.29. The standard InChI is InChI=1S/C12H12BrN3S/c1-14-8-9-3-4-10(13)7-11(9)17-12-15-5-2-6-16-12/h2-7,14H,8H2,1H3. The third-order valence-corrected chi connectivity index (χ3v) is 3.63. The predicted octanol–water partition coefficient (Wildman–Crippen LogP) is 3.11. The fourth-order valence-corrected chi connectivity index (χ4v) is 2.79. The summed E-state index contributed by atoms with van der Waals surface area (Å²) in [6.07, 6.45) is 3.51. The maximum Gasteiger partial charge on any atom is 0.192 e. The van der Waals surface area contributed by atoms with Gasteiger partial charge in [0.2, 0.25) is 0 Å². The van der Waals surface area contributed by atoms with Crippen molar-refractivity contribution in [3.63, 3.8) is 0 Å². The second kappa shape index (κ2) is 6.14. The van der Waals surface area contributed by atoms with Crippen molar-refractivity contribution in [1.29, 1.82) is 0 Å². The van der Waals surface area contributed by atoms with E-state index in [0.717, 1.165) is 16.2 Å². The van der Waals surface area contributed by atoms with Crippen molar-refractivity contribution in [3.8, 4) is 0 Å². The smallest absolute Gasteiger partial charge is 0.192 e. The molecule has 1 N–H and O–H groups in total. The zero-order valence-electron chi connectivity index (χ0n) is 9.35. The maximum atomic E-state index is 4.22. The first kappa shape index (κ1) is 12.5. The van der Waals surface area contributed by atoms with Crippen LogP contribution in [0.15, 0.2) is 51.2 Å². The minimum absolute atomic E-state index is 0.767. The van der Waals surface area contributed by atoms with Crippen LogP contribution in [0.2, 0.25) is 0 Å². The number of hydrogen-bond acceptors (Lipinski definition) is 4. The molecule has 0 radical (unpaired) electrons. The third-order valence-electron chi connectivity index (χ3n) is 2.14. The molecular formula is C12H12BrN3S. The van der Waals surface area contributed by atoms with Crippen LogP contribution in [0.3, 0.4) is 0 Å². The Kier molecular flexibility index (Phi) is 4.53. The van der Waals surface area contributed by atoms with Gasteiger partial charge >= 0.3 is 0 Å². The quantitative estimate of drug-likeness (QED) is 0.881. The van der Waals surface area contributed by atoms with E-state index >= 15 is 0 Å². The number of halogens is 1. The van der Waals surface area contributed by atoms with Crippen molar-refractivity contribution in [1.82, 2.24) is 15.3 Å². The molecule has 0 saturated heterocycles. The highest BCUT2D eigenvalue weighted by Gasteiger charge is 2.06. The molecule has 88 valence electrons. The molecule has 2 aromatic rings. The number of hydrogen-bond donors (Lipinski definition) is 1. The van der Waals surface area contributed by atoms with Crippen LogP contribution >= 0.6 is 27.7 Å². The SMILES string of the molecule is CNCc1ccc(Br)cc1Sc1ncccn1. The summed E-state index contributed by atoms with van der Waals surface area (Å²) in [7, 11) is 1.94. The van der Waals surface area contributed by atoms with E-state index < -0.39 is 0 Å². The molecule has 0 bridgehead atoms. The molecule has 0 aliphatic rings. The van der Waals surface area contributed by atoms with Crippen molar-refractivity contribution < 1.29 is 0 Å². The van der Waals surface area contributed by atoms with Gasteiger partial charge in [-0.25, -0.2) is 9.97 Å². The molecule has 0 aliphatic carbocycles. The topological polar surface area (TPSA) is 37.8 Å². The van der Waals surface area contributed by atoms with E-state index in [-0.39, 0.29) is 0 Å². The van der Waals surface area contributed by atoms with Crippen molar-refractivity contribution in [3.05, 3.63) is 46.7 Å². The van der Waals surface area contributed by atoms with Gasteiger partial charge in [-0.3, -0.25) is 0 Å². The Labute approximate surface area is 113 Å². The molecule has 2 rings (SSSR count). The van der Waals surface area contributed by atoms with E-state index in [1.54, 1.807) is 24.2 Å². The van der Waals surface area contributed by atoms with Crippen LogP contribution in [-0.2, 0) is 6.54 Å². The molecule has 0 aliphatic heterocycles. The molecular weight excluding hydrogens is 298 g/mol. The first-order valence-corrected chi connectivity index (χ1v) is 6.78. The Morgan fingerprint density at radius 1 is 1.29 bits per heavy atom. The van der Waals surface area contributed by atoms with Gasteiger partial charge in [-0.15, -0.1) is 0 Å². The van der Waals surface area contributed by atoms with E-state index in [9.17, 15) is 0 Å². The predicted molar refractivity (Wildman–Crippen MR) is 73.1 cm³/mol. The van der Waals surface area contributed by atoms with Crippen LogP contribution in [0.5, 0.6) is 0 Å². The zero-order valence-corrected chi connectivity index (χ0v) is 11.8. The van der Waals surface area contributed by atoms with Gasteiger partial charge in [0.15, 0.2) is 5.16 Å². The van der Waals surface area contributed by atoms with Gasteiger partial charge < -0.3 is 5.32 Å². The molecule has 0 spiro atoms. The summed E-state index contributed by atoms with van der Waals surface area (Å²) in [6.45, 7) is 0.836. The monoisotopic (exact) mass is 309 g/mol. The fraction of sp³-hybridized carbons (Fsp3) is 0.167. The number of aromatic nitrogens is 2. The summed E-state index contributed by atoms with van der Waals surface area (Å²) < 4.78 is 1.07. The van der Waals surface area contributed by atoms with Crippen LogP contribution < -0.4 is 5.32 Å². The Hall–Kier alpha value is -0.910. The highest BCUT2D eigenvalue weighted by molar-refractivity contribution is 9.10. The van der Waals surface area contributed by atoms with Gasteiger partial charge in [-0.2, -0.15) is 0 Å². The summed E-state index contributed by atoms with van der Waals surface area (Å²) in [4.78, 5) is 9.61. The van der Waals surface area contributed by atoms with Gasteiger partial charge in [0.1, 0.15) is 0 Å². The van der Waals surface area contributed by atoms with Crippen LogP contribution in [0.4, 0.5) is 0 Å². The Balaban J connectivity index is 2.27. The van der Waals surface area contributed by atoms with Gasteiger partial charge in [-0.05, 0) is 42.6 Å². The first-order valence-electron chi connectivity index (χ1n) is 5.17. The summed E-state index contributed by atoms with van der Waals surface area (Å²) in [5.74, 6) is 0. The highest BCUT2D eigenvalue weighted by Crippen LogP contribution is 2.30. The summed E-state index contributed by atoms with van der Waals surface area (Å²) in [5, 5.41) is 3.93. The molecule has 0 fully saturated rings. The summed E-state index contributed by atoms with van der Waals surface area (Å²) in [6, 6.07) is 8.06. The Bertz CT molecular complexity index is 490. The lowest BCUT2D eigenvalue weighted by Gasteiger charge is -2.08. The molecule has 0 amide bonds. The third kappa shape index (κ3) is 3.52. The van der Waals surface area contributed by atoms with Gasteiger partial charge in [-0.1, -0.05) is 22.0 Å². The Morgan fingerprint density at radius 2 is 2.06 bits per heavy atom. The van der Waals surface area contributed by atoms with E-state index in [1.165, 1.54) is 10.5 Å². The van der Waals surface area contributed by atoms with E-state index in [0.29, 0.717) is 0 Å². The van der Waals surface area contributed by atoms with E-state index in [2.05, 4.69) is 43.3 Å². The molecule has 1 heterocycles.